The van der Waals surface area contributed by atoms with Crippen molar-refractivity contribution in [1.82, 2.24) is 0 Å². The summed E-state index contributed by atoms with van der Waals surface area (Å²) in [6.45, 7) is 4.13. The summed E-state index contributed by atoms with van der Waals surface area (Å²) < 4.78 is 17.2. The molecule has 0 aliphatic rings. The molecule has 7 aromatic carbocycles. The third-order valence-electron chi connectivity index (χ3n) is 10.5. The Balaban J connectivity index is 1.58. The molecule has 7 rings (SSSR count). The second kappa shape index (κ2) is 18.0. The van der Waals surface area contributed by atoms with Gasteiger partial charge in [-0.1, -0.05) is 251 Å². The summed E-state index contributed by atoms with van der Waals surface area (Å²) in [7, 11) is -10.1. The highest BCUT2D eigenvalue weighted by Crippen LogP contribution is 2.27. The van der Waals surface area contributed by atoms with Gasteiger partial charge in [0.2, 0.25) is 8.32 Å². The van der Waals surface area contributed by atoms with E-state index in [4.69, 9.17) is 8.23 Å². The second-order valence-corrected chi connectivity index (χ2v) is 24.3. The van der Waals surface area contributed by atoms with Crippen LogP contribution in [-0.4, -0.2) is 25.2 Å². The molecule has 0 spiro atoms. The number of rotatable bonds is 17. The minimum Gasteiger partial charge on any atom is -0.422 e. The maximum Gasteiger partial charge on any atom is 0.387 e. The summed E-state index contributed by atoms with van der Waals surface area (Å²) >= 11 is 0. The largest absolute Gasteiger partial charge is 0.422 e. The fourth-order valence-electron chi connectivity index (χ4n) is 7.84. The molecule has 0 N–H and O–H groups in total. The Morgan fingerprint density at radius 2 is 0.611 bits per heavy atom. The molecule has 1 radical (unpaired) electrons. The molecule has 2 nitrogen and oxygen atoms in total. The Morgan fingerprint density at radius 1 is 0.315 bits per heavy atom. The van der Waals surface area contributed by atoms with E-state index in [0.717, 1.165) is 42.1 Å². The fraction of sp³-hybridized carbons (Fsp3) is 0.122. The highest BCUT2D eigenvalue weighted by molar-refractivity contribution is 7.15. The summed E-state index contributed by atoms with van der Waals surface area (Å²) in [6, 6.07) is 77.8. The number of unbranched alkanes of at least 4 members (excludes halogenated alkanes) is 4. The van der Waals surface area contributed by atoms with Crippen LogP contribution in [0.15, 0.2) is 212 Å². The van der Waals surface area contributed by atoms with E-state index in [0.29, 0.717) is 0 Å². The molecule has 0 fully saturated rings. The normalized spacial score (nSPS) is 12.0. The lowest BCUT2D eigenvalue weighted by Crippen LogP contribution is -2.81. The summed E-state index contributed by atoms with van der Waals surface area (Å²) in [5, 5.41) is 8.33. The molecule has 0 amide bonds. The van der Waals surface area contributed by atoms with Crippen LogP contribution >= 0.6 is 0 Å². The zero-order valence-corrected chi connectivity index (χ0v) is 34.0. The van der Waals surface area contributed by atoms with Crippen molar-refractivity contribution in [2.45, 2.75) is 38.1 Å². The maximum absolute atomic E-state index is 8.58. The minimum atomic E-state index is -3.69. The topological polar surface area (TPSA) is 18.5 Å². The molecule has 5 heteroatoms. The summed E-state index contributed by atoms with van der Waals surface area (Å²) in [5.74, 6) is 0. The van der Waals surface area contributed by atoms with E-state index in [1.54, 1.807) is 0 Å². The number of benzene rings is 7. The second-order valence-electron chi connectivity index (χ2n) is 13.9. The van der Waals surface area contributed by atoms with E-state index in [9.17, 15) is 0 Å². The fourth-order valence-corrected chi connectivity index (χ4v) is 24.4. The number of hydrogen-bond acceptors (Lipinski definition) is 2. The minimum absolute atomic E-state index is 0.937. The molecule has 0 saturated heterocycles. The highest BCUT2D eigenvalue weighted by Gasteiger charge is 2.57. The Morgan fingerprint density at radius 3 is 0.944 bits per heavy atom. The van der Waals surface area contributed by atoms with Crippen LogP contribution < -0.4 is 36.3 Å². The van der Waals surface area contributed by atoms with E-state index >= 15 is 0 Å². The van der Waals surface area contributed by atoms with Gasteiger partial charge in [-0.15, -0.1) is 0 Å². The lowest BCUT2D eigenvalue weighted by molar-refractivity contribution is 0.422. The van der Waals surface area contributed by atoms with Crippen LogP contribution in [0, 0.1) is 6.92 Å². The van der Waals surface area contributed by atoms with Crippen molar-refractivity contribution in [2.75, 3.05) is 0 Å². The van der Waals surface area contributed by atoms with Crippen LogP contribution in [0.3, 0.4) is 0 Å². The quantitative estimate of drug-likeness (QED) is 0.0546. The van der Waals surface area contributed by atoms with Gasteiger partial charge >= 0.3 is 8.56 Å². The Kier molecular flexibility index (Phi) is 12.4. The van der Waals surface area contributed by atoms with Gasteiger partial charge < -0.3 is 8.23 Å². The lowest BCUT2D eigenvalue weighted by Gasteiger charge is -2.47. The Labute approximate surface area is 325 Å². The summed E-state index contributed by atoms with van der Waals surface area (Å²) in [5.41, 5.74) is 0. The van der Waals surface area contributed by atoms with Crippen molar-refractivity contribution in [3.63, 3.8) is 0 Å². The summed E-state index contributed by atoms with van der Waals surface area (Å²) in [6.07, 6.45) is 5.47. The zero-order valence-electron chi connectivity index (χ0n) is 31.0. The molecule has 54 heavy (non-hydrogen) atoms. The van der Waals surface area contributed by atoms with Gasteiger partial charge in [0.1, 0.15) is 0 Å². The molecule has 0 unspecified atom stereocenters. The lowest BCUT2D eigenvalue weighted by atomic mass is 10.2. The molecule has 269 valence electrons. The molecule has 7 aromatic rings. The van der Waals surface area contributed by atoms with E-state index in [1.165, 1.54) is 32.4 Å². The average Bonchev–Trinajstić information content (AvgIpc) is 3.27. The molecule has 0 aliphatic carbocycles. The van der Waals surface area contributed by atoms with Gasteiger partial charge in [-0.25, -0.2) is 0 Å². The van der Waals surface area contributed by atoms with E-state index < -0.39 is 25.2 Å². The van der Waals surface area contributed by atoms with Crippen LogP contribution in [0.5, 0.6) is 0 Å². The first-order valence-corrected chi connectivity index (χ1v) is 25.1. The van der Waals surface area contributed by atoms with Crippen molar-refractivity contribution in [3.05, 3.63) is 219 Å². The van der Waals surface area contributed by atoms with Gasteiger partial charge in [-0.2, -0.15) is 0 Å². The van der Waals surface area contributed by atoms with Gasteiger partial charge in [-0.3, -0.25) is 0 Å². The van der Waals surface area contributed by atoms with Crippen LogP contribution in [0.1, 0.15) is 32.1 Å². The molecule has 0 aromatic heterocycles. The summed E-state index contributed by atoms with van der Waals surface area (Å²) in [4.78, 5) is 0. The Bertz CT molecular complexity index is 1940. The monoisotopic (exact) mass is 753 g/mol. The van der Waals surface area contributed by atoms with Gasteiger partial charge in [0.25, 0.3) is 8.32 Å². The molecule has 0 heterocycles. The van der Waals surface area contributed by atoms with Crippen molar-refractivity contribution in [2.24, 2.45) is 0 Å². The third kappa shape index (κ3) is 7.83. The molecule has 0 atom stereocenters. The molecule has 0 bridgehead atoms. The van der Waals surface area contributed by atoms with Gasteiger partial charge in [-0.05, 0) is 42.4 Å². The zero-order chi connectivity index (χ0) is 36.9. The standard InChI is InChI=1S/C49H49O2Si3/c1-2-3-4-5-27-42-52(43-28-13-6-14-29-43,44-30-15-7-16-31-44)50-54(48-38-23-11-24-39-48,49-40-25-12-26-41-49)51-53(45-32-17-8-18-33-45,46-34-19-9-20-35-46)47-36-21-10-22-37-47/h6-26,28-41H,1-5,27,42H2. The Hall–Kier alpha value is -4.89. The van der Waals surface area contributed by atoms with Gasteiger partial charge in [0.05, 0.1) is 0 Å². The van der Waals surface area contributed by atoms with Gasteiger partial charge in [0.15, 0.2) is 0 Å². The van der Waals surface area contributed by atoms with Crippen LogP contribution in [0.25, 0.3) is 0 Å². The molecular formula is C49H49O2Si3. The number of hydrogen-bond donors (Lipinski definition) is 0. The molecular weight excluding hydrogens is 705 g/mol. The van der Waals surface area contributed by atoms with E-state index in [2.05, 4.69) is 219 Å². The first-order chi connectivity index (χ1) is 26.7. The van der Waals surface area contributed by atoms with Crippen molar-refractivity contribution >= 4 is 61.5 Å². The first-order valence-electron chi connectivity index (χ1n) is 19.3. The highest BCUT2D eigenvalue weighted by atomic mass is 28.5. The predicted molar refractivity (Wildman–Crippen MR) is 235 cm³/mol. The van der Waals surface area contributed by atoms with Crippen LogP contribution in [0.4, 0.5) is 0 Å². The predicted octanol–water partition coefficient (Wildman–Crippen LogP) is 7.49. The van der Waals surface area contributed by atoms with Crippen LogP contribution in [0.2, 0.25) is 6.04 Å². The van der Waals surface area contributed by atoms with E-state index in [1.807, 2.05) is 0 Å². The maximum atomic E-state index is 8.58. The van der Waals surface area contributed by atoms with Crippen molar-refractivity contribution < 1.29 is 8.23 Å². The SMILES string of the molecule is [CH2]CCCCCC[Si](O[Si](O[Si](c1ccccc1)(c1ccccc1)c1ccccc1)(c1ccccc1)c1ccccc1)(c1ccccc1)c1ccccc1. The molecule has 0 aliphatic heterocycles. The van der Waals surface area contributed by atoms with Gasteiger partial charge in [0, 0.05) is 0 Å². The van der Waals surface area contributed by atoms with Crippen molar-refractivity contribution in [3.8, 4) is 0 Å². The third-order valence-corrected chi connectivity index (χ3v) is 24.6. The van der Waals surface area contributed by atoms with Crippen LogP contribution in [-0.2, 0) is 8.23 Å². The first kappa shape index (κ1) is 37.4. The molecule has 0 saturated carbocycles. The average molecular weight is 754 g/mol. The smallest absolute Gasteiger partial charge is 0.387 e. The van der Waals surface area contributed by atoms with E-state index in [-0.39, 0.29) is 0 Å². The van der Waals surface area contributed by atoms with Crippen molar-refractivity contribution in [1.29, 1.82) is 0 Å².